The molecular weight excluding hydrogens is 354 g/mol. The van der Waals surface area contributed by atoms with Gasteiger partial charge >= 0.3 is 0 Å². The lowest BCUT2D eigenvalue weighted by Gasteiger charge is -2.45. The van der Waals surface area contributed by atoms with Crippen LogP contribution >= 0.6 is 0 Å². The molecule has 0 aliphatic carbocycles. The zero-order chi connectivity index (χ0) is 20.0. The van der Waals surface area contributed by atoms with Gasteiger partial charge in [0.05, 0.1) is 12.7 Å². The summed E-state index contributed by atoms with van der Waals surface area (Å²) in [5.41, 5.74) is 0.986. The van der Waals surface area contributed by atoms with Crippen molar-refractivity contribution in [2.75, 3.05) is 19.7 Å². The fourth-order valence-electron chi connectivity index (χ4n) is 3.91. The number of carbonyl (C=O) groups is 1. The Bertz CT molecular complexity index is 762. The SMILES string of the molecule is CCC[C@]1(CO)CN(C(=O)c2ccc(COc3ccccc3)cc2)CC[C@H]1O. The van der Waals surface area contributed by atoms with Gasteiger partial charge in [-0.2, -0.15) is 0 Å². The number of aliphatic hydroxyl groups excluding tert-OH is 2. The quantitative estimate of drug-likeness (QED) is 0.770. The molecule has 1 heterocycles. The normalized spacial score (nSPS) is 22.1. The molecule has 0 spiro atoms. The molecule has 3 rings (SSSR count). The molecular formula is C23H29NO4. The van der Waals surface area contributed by atoms with Gasteiger partial charge in [-0.25, -0.2) is 0 Å². The van der Waals surface area contributed by atoms with Crippen molar-refractivity contribution < 1.29 is 19.7 Å². The Morgan fingerprint density at radius 3 is 2.54 bits per heavy atom. The highest BCUT2D eigenvalue weighted by molar-refractivity contribution is 5.94. The number of hydrogen-bond donors (Lipinski definition) is 2. The number of nitrogens with zero attached hydrogens (tertiary/aromatic N) is 1. The van der Waals surface area contributed by atoms with Crippen molar-refractivity contribution in [1.82, 2.24) is 4.90 Å². The van der Waals surface area contributed by atoms with Crippen LogP contribution in [0.15, 0.2) is 54.6 Å². The Balaban J connectivity index is 1.64. The topological polar surface area (TPSA) is 70.0 Å². The Kier molecular flexibility index (Phi) is 6.70. The third kappa shape index (κ3) is 4.54. The first-order valence-electron chi connectivity index (χ1n) is 9.93. The van der Waals surface area contributed by atoms with E-state index in [-0.39, 0.29) is 12.5 Å². The third-order valence-corrected chi connectivity index (χ3v) is 5.58. The number of benzene rings is 2. The molecule has 0 aromatic heterocycles. The molecule has 150 valence electrons. The molecule has 1 saturated heterocycles. The van der Waals surface area contributed by atoms with E-state index in [0.29, 0.717) is 38.1 Å². The molecule has 1 aliphatic heterocycles. The lowest BCUT2D eigenvalue weighted by atomic mass is 9.74. The highest BCUT2D eigenvalue weighted by Gasteiger charge is 2.43. The van der Waals surface area contributed by atoms with E-state index < -0.39 is 11.5 Å². The van der Waals surface area contributed by atoms with Crippen molar-refractivity contribution in [3.05, 3.63) is 65.7 Å². The molecule has 2 N–H and O–H groups in total. The maximum Gasteiger partial charge on any atom is 0.253 e. The van der Waals surface area contributed by atoms with Crippen molar-refractivity contribution in [1.29, 1.82) is 0 Å². The van der Waals surface area contributed by atoms with Crippen LogP contribution in [0, 0.1) is 5.41 Å². The predicted molar refractivity (Wildman–Crippen MR) is 108 cm³/mol. The minimum atomic E-state index is -0.619. The molecule has 2 aromatic rings. The number of aliphatic hydroxyl groups is 2. The Labute approximate surface area is 166 Å². The Hall–Kier alpha value is -2.37. The molecule has 1 aliphatic rings. The summed E-state index contributed by atoms with van der Waals surface area (Å²) in [4.78, 5) is 14.7. The molecule has 5 heteroatoms. The minimum absolute atomic E-state index is 0.0589. The fourth-order valence-corrected chi connectivity index (χ4v) is 3.91. The second-order valence-electron chi connectivity index (χ2n) is 7.60. The minimum Gasteiger partial charge on any atom is -0.489 e. The average Bonchev–Trinajstić information content (AvgIpc) is 2.74. The molecule has 0 radical (unpaired) electrons. The van der Waals surface area contributed by atoms with Crippen molar-refractivity contribution in [3.8, 4) is 5.75 Å². The first kappa shape index (κ1) is 20.4. The zero-order valence-electron chi connectivity index (χ0n) is 16.4. The molecule has 1 amide bonds. The second kappa shape index (κ2) is 9.22. The number of para-hydroxylation sites is 1. The van der Waals surface area contributed by atoms with E-state index in [1.807, 2.05) is 61.5 Å². The summed E-state index contributed by atoms with van der Waals surface area (Å²) in [7, 11) is 0. The smallest absolute Gasteiger partial charge is 0.253 e. The summed E-state index contributed by atoms with van der Waals surface area (Å²) in [5, 5.41) is 20.3. The zero-order valence-corrected chi connectivity index (χ0v) is 16.4. The number of carbonyl (C=O) groups excluding carboxylic acids is 1. The van der Waals surface area contributed by atoms with E-state index in [4.69, 9.17) is 4.74 Å². The van der Waals surface area contributed by atoms with Gasteiger partial charge in [0.25, 0.3) is 5.91 Å². The monoisotopic (exact) mass is 383 g/mol. The summed E-state index contributed by atoms with van der Waals surface area (Å²) >= 11 is 0. The first-order valence-corrected chi connectivity index (χ1v) is 9.93. The van der Waals surface area contributed by atoms with E-state index >= 15 is 0 Å². The highest BCUT2D eigenvalue weighted by Crippen LogP contribution is 2.35. The number of ether oxygens (including phenoxy) is 1. The number of rotatable bonds is 7. The van der Waals surface area contributed by atoms with Crippen LogP contribution in [0.3, 0.4) is 0 Å². The van der Waals surface area contributed by atoms with E-state index in [0.717, 1.165) is 17.7 Å². The van der Waals surface area contributed by atoms with Crippen LogP contribution in [0.5, 0.6) is 5.75 Å². The van der Waals surface area contributed by atoms with Crippen molar-refractivity contribution in [2.24, 2.45) is 5.41 Å². The summed E-state index contributed by atoms with van der Waals surface area (Å²) in [5.74, 6) is 0.752. The summed E-state index contributed by atoms with van der Waals surface area (Å²) in [6.45, 7) is 3.25. The van der Waals surface area contributed by atoms with Gasteiger partial charge in [0.2, 0.25) is 0 Å². The van der Waals surface area contributed by atoms with E-state index in [9.17, 15) is 15.0 Å². The van der Waals surface area contributed by atoms with Gasteiger partial charge in [0.1, 0.15) is 12.4 Å². The molecule has 2 aromatic carbocycles. The number of likely N-dealkylation sites (tertiary alicyclic amines) is 1. The molecule has 1 fully saturated rings. The standard InChI is InChI=1S/C23H29NO4/c1-2-13-23(17-25)16-24(14-12-21(23)26)22(27)19-10-8-18(9-11-19)15-28-20-6-4-3-5-7-20/h3-11,21,25-26H,2,12-17H2,1H3/t21-,23-/m1/s1. The fraction of sp³-hybridized carbons (Fsp3) is 0.435. The van der Waals surface area contributed by atoms with Crippen LogP contribution in [0.1, 0.15) is 42.1 Å². The van der Waals surface area contributed by atoms with Gasteiger partial charge in [0.15, 0.2) is 0 Å². The Morgan fingerprint density at radius 2 is 1.89 bits per heavy atom. The summed E-state index contributed by atoms with van der Waals surface area (Å²) < 4.78 is 5.74. The lowest BCUT2D eigenvalue weighted by molar-refractivity contribution is -0.0720. The third-order valence-electron chi connectivity index (χ3n) is 5.58. The van der Waals surface area contributed by atoms with Crippen molar-refractivity contribution in [3.63, 3.8) is 0 Å². The maximum absolute atomic E-state index is 12.9. The summed E-state index contributed by atoms with van der Waals surface area (Å²) in [6, 6.07) is 17.1. The molecule has 2 atom stereocenters. The largest absolute Gasteiger partial charge is 0.489 e. The van der Waals surface area contributed by atoms with Gasteiger partial charge in [-0.1, -0.05) is 43.7 Å². The van der Waals surface area contributed by atoms with E-state index in [1.165, 1.54) is 0 Å². The van der Waals surface area contributed by atoms with Gasteiger partial charge in [0, 0.05) is 24.1 Å². The predicted octanol–water partition coefficient (Wildman–Crippen LogP) is 3.25. The van der Waals surface area contributed by atoms with Crippen LogP contribution in [-0.2, 0) is 6.61 Å². The van der Waals surface area contributed by atoms with E-state index in [1.54, 1.807) is 4.90 Å². The molecule has 5 nitrogen and oxygen atoms in total. The maximum atomic E-state index is 12.9. The van der Waals surface area contributed by atoms with Crippen LogP contribution in [0.2, 0.25) is 0 Å². The highest BCUT2D eigenvalue weighted by atomic mass is 16.5. The van der Waals surface area contributed by atoms with Crippen molar-refractivity contribution >= 4 is 5.91 Å². The van der Waals surface area contributed by atoms with Crippen LogP contribution in [-0.4, -0.2) is 46.8 Å². The molecule has 28 heavy (non-hydrogen) atoms. The van der Waals surface area contributed by atoms with Gasteiger partial charge in [-0.15, -0.1) is 0 Å². The van der Waals surface area contributed by atoms with Crippen LogP contribution < -0.4 is 4.74 Å². The lowest BCUT2D eigenvalue weighted by Crippen LogP contribution is -2.55. The van der Waals surface area contributed by atoms with Gasteiger partial charge < -0.3 is 19.8 Å². The molecule has 0 saturated carbocycles. The average molecular weight is 383 g/mol. The van der Waals surface area contributed by atoms with Crippen LogP contribution in [0.4, 0.5) is 0 Å². The Morgan fingerprint density at radius 1 is 1.18 bits per heavy atom. The second-order valence-corrected chi connectivity index (χ2v) is 7.60. The first-order chi connectivity index (χ1) is 13.6. The van der Waals surface area contributed by atoms with Crippen molar-refractivity contribution in [2.45, 2.75) is 38.9 Å². The number of piperidine rings is 1. The summed E-state index contributed by atoms with van der Waals surface area (Å²) in [6.07, 6.45) is 1.48. The van der Waals surface area contributed by atoms with Gasteiger partial charge in [-0.3, -0.25) is 4.79 Å². The molecule has 0 bridgehead atoms. The van der Waals surface area contributed by atoms with E-state index in [2.05, 4.69) is 0 Å². The number of amides is 1. The van der Waals surface area contributed by atoms with Gasteiger partial charge in [-0.05, 0) is 42.7 Å². The number of hydrogen-bond acceptors (Lipinski definition) is 4. The molecule has 0 unspecified atom stereocenters. The van der Waals surface area contributed by atoms with Crippen LogP contribution in [0.25, 0.3) is 0 Å².